The van der Waals surface area contributed by atoms with E-state index < -0.39 is 0 Å². The molecule has 0 bridgehead atoms. The minimum Gasteiger partial charge on any atom is -0.315 e. The van der Waals surface area contributed by atoms with Crippen LogP contribution in [0.2, 0.25) is 0 Å². The number of nitrogens with one attached hydrogen (secondary N) is 2. The van der Waals surface area contributed by atoms with E-state index in [4.69, 9.17) is 0 Å². The molecule has 1 aromatic rings. The lowest BCUT2D eigenvalue weighted by molar-refractivity contribution is 0.472. The Morgan fingerprint density at radius 2 is 1.84 bits per heavy atom. The van der Waals surface area contributed by atoms with Crippen LogP contribution in [0.4, 0.5) is 0 Å². The molecule has 0 fully saturated rings. The van der Waals surface area contributed by atoms with E-state index in [1.807, 2.05) is 0 Å². The average Bonchev–Trinajstić information content (AvgIpc) is 2.83. The molecule has 0 radical (unpaired) electrons. The smallest absolute Gasteiger partial charge is 0.0208 e. The third-order valence-corrected chi connectivity index (χ3v) is 3.82. The van der Waals surface area contributed by atoms with E-state index in [2.05, 4.69) is 49.6 Å². The van der Waals surface area contributed by atoms with Crippen molar-refractivity contribution in [3.8, 4) is 0 Å². The molecule has 0 spiro atoms. The van der Waals surface area contributed by atoms with Crippen molar-refractivity contribution in [2.75, 3.05) is 13.1 Å². The summed E-state index contributed by atoms with van der Waals surface area (Å²) >= 11 is 0. The van der Waals surface area contributed by atoms with Gasteiger partial charge >= 0.3 is 0 Å². The zero-order valence-corrected chi connectivity index (χ0v) is 12.6. The molecule has 2 nitrogen and oxygen atoms in total. The summed E-state index contributed by atoms with van der Waals surface area (Å²) in [5.74, 6) is 0.726. The van der Waals surface area contributed by atoms with Gasteiger partial charge in [0.25, 0.3) is 0 Å². The van der Waals surface area contributed by atoms with Crippen molar-refractivity contribution in [1.82, 2.24) is 10.6 Å². The Morgan fingerprint density at radius 1 is 1.05 bits per heavy atom. The molecule has 1 aliphatic rings. The molecule has 1 unspecified atom stereocenters. The van der Waals surface area contributed by atoms with Gasteiger partial charge in [-0.3, -0.25) is 0 Å². The minimum absolute atomic E-state index is 0.520. The Morgan fingerprint density at radius 3 is 2.63 bits per heavy atom. The van der Waals surface area contributed by atoms with Gasteiger partial charge in [-0.05, 0) is 55.3 Å². The highest BCUT2D eigenvalue weighted by atomic mass is 15.0. The first-order chi connectivity index (χ1) is 9.15. The Hall–Kier alpha value is -0.860. The number of benzene rings is 1. The van der Waals surface area contributed by atoms with Gasteiger partial charge in [0.1, 0.15) is 0 Å². The van der Waals surface area contributed by atoms with Crippen LogP contribution in [-0.2, 0) is 19.4 Å². The Labute approximate surface area is 118 Å². The van der Waals surface area contributed by atoms with Crippen molar-refractivity contribution >= 4 is 0 Å². The highest BCUT2D eigenvalue weighted by Crippen LogP contribution is 2.22. The normalized spacial score (nSPS) is 15.8. The predicted octanol–water partition coefficient (Wildman–Crippen LogP) is 2.90. The maximum Gasteiger partial charge on any atom is 0.0208 e. The lowest BCUT2D eigenvalue weighted by atomic mass is 10.1. The topological polar surface area (TPSA) is 24.1 Å². The SMILES string of the molecule is CC(C)CNCC(C)NCc1ccc2c(c1)CCC2. The molecule has 1 aromatic carbocycles. The standard InChI is InChI=1S/C17H28N2/c1-13(2)10-18-11-14(3)19-12-15-7-8-16-5-4-6-17(16)9-15/h7-9,13-14,18-19H,4-6,10-12H2,1-3H3. The fraction of sp³-hybridized carbons (Fsp3) is 0.647. The summed E-state index contributed by atoms with van der Waals surface area (Å²) in [6, 6.07) is 7.52. The van der Waals surface area contributed by atoms with E-state index in [1.165, 1.54) is 24.8 Å². The summed E-state index contributed by atoms with van der Waals surface area (Å²) in [4.78, 5) is 0. The van der Waals surface area contributed by atoms with Gasteiger partial charge in [0.05, 0.1) is 0 Å². The summed E-state index contributed by atoms with van der Waals surface area (Å²) in [6.45, 7) is 9.87. The second-order valence-electron chi connectivity index (χ2n) is 6.29. The van der Waals surface area contributed by atoms with Crippen molar-refractivity contribution in [2.45, 2.75) is 52.6 Å². The molecule has 2 N–H and O–H groups in total. The van der Waals surface area contributed by atoms with E-state index in [0.29, 0.717) is 6.04 Å². The summed E-state index contributed by atoms with van der Waals surface area (Å²) < 4.78 is 0. The van der Waals surface area contributed by atoms with E-state index in [9.17, 15) is 0 Å². The number of fused-ring (bicyclic) bond motifs is 1. The molecule has 2 rings (SSSR count). The molecule has 0 amide bonds. The molecule has 0 saturated heterocycles. The molecule has 1 atom stereocenters. The van der Waals surface area contributed by atoms with Crippen LogP contribution >= 0.6 is 0 Å². The molecular weight excluding hydrogens is 232 g/mol. The van der Waals surface area contributed by atoms with Gasteiger partial charge < -0.3 is 10.6 Å². The van der Waals surface area contributed by atoms with Crippen LogP contribution in [-0.4, -0.2) is 19.1 Å². The van der Waals surface area contributed by atoms with Gasteiger partial charge in [-0.25, -0.2) is 0 Å². The maximum atomic E-state index is 3.60. The molecule has 2 heteroatoms. The molecule has 0 aliphatic heterocycles. The monoisotopic (exact) mass is 260 g/mol. The molecule has 106 valence electrons. The molecular formula is C17H28N2. The highest BCUT2D eigenvalue weighted by molar-refractivity contribution is 5.35. The van der Waals surface area contributed by atoms with Gasteiger partial charge in [0.2, 0.25) is 0 Å². The highest BCUT2D eigenvalue weighted by Gasteiger charge is 2.10. The molecule has 19 heavy (non-hydrogen) atoms. The third kappa shape index (κ3) is 4.63. The van der Waals surface area contributed by atoms with Gasteiger partial charge in [0.15, 0.2) is 0 Å². The minimum atomic E-state index is 0.520. The van der Waals surface area contributed by atoms with Crippen LogP contribution in [0.25, 0.3) is 0 Å². The molecule has 0 heterocycles. The summed E-state index contributed by atoms with van der Waals surface area (Å²) in [5, 5.41) is 7.10. The molecule has 1 aliphatic carbocycles. The van der Waals surface area contributed by atoms with Gasteiger partial charge in [-0.15, -0.1) is 0 Å². The maximum absolute atomic E-state index is 3.60. The van der Waals surface area contributed by atoms with Crippen LogP contribution in [0, 0.1) is 5.92 Å². The van der Waals surface area contributed by atoms with Crippen LogP contribution in [0.15, 0.2) is 18.2 Å². The van der Waals surface area contributed by atoms with Gasteiger partial charge in [0, 0.05) is 19.1 Å². The second-order valence-corrected chi connectivity index (χ2v) is 6.29. The molecule has 0 saturated carbocycles. The average molecular weight is 260 g/mol. The van der Waals surface area contributed by atoms with Crippen LogP contribution in [0.3, 0.4) is 0 Å². The number of rotatable bonds is 7. The van der Waals surface area contributed by atoms with Crippen molar-refractivity contribution in [2.24, 2.45) is 5.92 Å². The van der Waals surface area contributed by atoms with E-state index in [1.54, 1.807) is 11.1 Å². The number of hydrogen-bond acceptors (Lipinski definition) is 2. The first-order valence-electron chi connectivity index (χ1n) is 7.70. The fourth-order valence-corrected chi connectivity index (χ4v) is 2.69. The number of aryl methyl sites for hydroxylation is 2. The van der Waals surface area contributed by atoms with E-state index >= 15 is 0 Å². The Balaban J connectivity index is 1.73. The van der Waals surface area contributed by atoms with Gasteiger partial charge in [-0.1, -0.05) is 32.0 Å². The van der Waals surface area contributed by atoms with Crippen molar-refractivity contribution in [3.63, 3.8) is 0 Å². The van der Waals surface area contributed by atoms with Gasteiger partial charge in [-0.2, -0.15) is 0 Å². The quantitative estimate of drug-likeness (QED) is 0.788. The Kier molecular flexibility index (Phi) is 5.41. The largest absolute Gasteiger partial charge is 0.315 e. The van der Waals surface area contributed by atoms with Crippen LogP contribution < -0.4 is 10.6 Å². The fourth-order valence-electron chi connectivity index (χ4n) is 2.69. The summed E-state index contributed by atoms with van der Waals surface area (Å²) in [7, 11) is 0. The first-order valence-corrected chi connectivity index (χ1v) is 7.70. The first kappa shape index (κ1) is 14.5. The third-order valence-electron chi connectivity index (χ3n) is 3.82. The summed E-state index contributed by atoms with van der Waals surface area (Å²) in [5.41, 5.74) is 4.57. The second kappa shape index (κ2) is 7.06. The van der Waals surface area contributed by atoms with Crippen LogP contribution in [0.1, 0.15) is 43.9 Å². The predicted molar refractivity (Wildman–Crippen MR) is 82.5 cm³/mol. The lowest BCUT2D eigenvalue weighted by Crippen LogP contribution is -2.37. The van der Waals surface area contributed by atoms with E-state index in [0.717, 1.165) is 25.6 Å². The Bertz CT molecular complexity index is 398. The van der Waals surface area contributed by atoms with E-state index in [-0.39, 0.29) is 0 Å². The number of hydrogen-bond donors (Lipinski definition) is 2. The van der Waals surface area contributed by atoms with Crippen molar-refractivity contribution < 1.29 is 0 Å². The van der Waals surface area contributed by atoms with Crippen molar-refractivity contribution in [3.05, 3.63) is 34.9 Å². The van der Waals surface area contributed by atoms with Crippen LogP contribution in [0.5, 0.6) is 0 Å². The van der Waals surface area contributed by atoms with Crippen molar-refractivity contribution in [1.29, 1.82) is 0 Å². The summed E-state index contributed by atoms with van der Waals surface area (Å²) in [6.07, 6.45) is 3.88. The zero-order chi connectivity index (χ0) is 13.7. The lowest BCUT2D eigenvalue weighted by Gasteiger charge is -2.16. The zero-order valence-electron chi connectivity index (χ0n) is 12.6. The molecule has 0 aromatic heterocycles.